The Balaban J connectivity index is 2.11. The summed E-state index contributed by atoms with van der Waals surface area (Å²) in [6.07, 6.45) is 4.95. The lowest BCUT2D eigenvalue weighted by molar-refractivity contribution is -0.143. The first-order chi connectivity index (χ1) is 8.53. The minimum absolute atomic E-state index is 0.209. The van der Waals surface area contributed by atoms with Crippen molar-refractivity contribution < 1.29 is 17.9 Å². The summed E-state index contributed by atoms with van der Waals surface area (Å²) in [6.45, 7) is 4.02. The number of rotatable bonds is 6. The number of nitrogens with zero attached hydrogens (tertiary/aromatic N) is 1. The zero-order valence-corrected chi connectivity index (χ0v) is 11.6. The summed E-state index contributed by atoms with van der Waals surface area (Å²) in [5.41, 5.74) is 0. The number of carbonyl (C=O) groups is 1. The maximum Gasteiger partial charge on any atom is 0.309 e. The maximum atomic E-state index is 11.3. The van der Waals surface area contributed by atoms with Crippen molar-refractivity contribution in [3.8, 4) is 0 Å². The van der Waals surface area contributed by atoms with Crippen LogP contribution < -0.4 is 0 Å². The largest absolute Gasteiger partial charge is 0.464 e. The minimum atomic E-state index is -2.83. The van der Waals surface area contributed by atoms with Crippen LogP contribution in [-0.4, -0.2) is 57.0 Å². The van der Waals surface area contributed by atoms with Gasteiger partial charge in [-0.15, -0.1) is 0 Å². The molecule has 1 rings (SSSR count). The maximum absolute atomic E-state index is 11.3. The summed E-state index contributed by atoms with van der Waals surface area (Å²) >= 11 is 0. The van der Waals surface area contributed by atoms with E-state index in [1.54, 1.807) is 6.08 Å². The fraction of sp³-hybridized carbons (Fsp3) is 0.750. The molecule has 0 spiro atoms. The highest BCUT2D eigenvalue weighted by Gasteiger charge is 2.21. The van der Waals surface area contributed by atoms with Crippen molar-refractivity contribution in [3.05, 3.63) is 12.2 Å². The molecule has 6 heteroatoms. The lowest BCUT2D eigenvalue weighted by Crippen LogP contribution is -2.41. The van der Waals surface area contributed by atoms with E-state index in [0.717, 1.165) is 6.42 Å². The van der Waals surface area contributed by atoms with Crippen molar-refractivity contribution in [2.24, 2.45) is 0 Å². The topological polar surface area (TPSA) is 63.7 Å². The molecule has 5 nitrogen and oxygen atoms in total. The number of allylic oxidation sites excluding steroid dienone is 1. The van der Waals surface area contributed by atoms with Crippen LogP contribution in [0.1, 0.15) is 19.8 Å². The molecule has 0 aromatic carbocycles. The Morgan fingerprint density at radius 1 is 1.28 bits per heavy atom. The first-order valence-electron chi connectivity index (χ1n) is 6.27. The second-order valence-corrected chi connectivity index (χ2v) is 6.60. The highest BCUT2D eigenvalue weighted by Crippen LogP contribution is 2.03. The predicted octanol–water partition coefficient (Wildman–Crippen LogP) is 0.616. The second kappa shape index (κ2) is 7.53. The van der Waals surface area contributed by atoms with Gasteiger partial charge in [0.15, 0.2) is 9.84 Å². The van der Waals surface area contributed by atoms with Crippen LogP contribution in [0.25, 0.3) is 0 Å². The van der Waals surface area contributed by atoms with E-state index in [9.17, 15) is 13.2 Å². The van der Waals surface area contributed by atoms with Gasteiger partial charge in [0, 0.05) is 19.6 Å². The molecule has 0 aromatic heterocycles. The van der Waals surface area contributed by atoms with E-state index in [1.165, 1.54) is 0 Å². The van der Waals surface area contributed by atoms with Crippen molar-refractivity contribution in [2.45, 2.75) is 19.8 Å². The Morgan fingerprint density at radius 2 is 1.94 bits per heavy atom. The molecule has 0 amide bonds. The van der Waals surface area contributed by atoms with E-state index in [-0.39, 0.29) is 17.5 Å². The van der Waals surface area contributed by atoms with E-state index in [1.807, 2.05) is 17.9 Å². The first-order valence-corrected chi connectivity index (χ1v) is 8.09. The third-order valence-electron chi connectivity index (χ3n) is 2.79. The lowest BCUT2D eigenvalue weighted by Gasteiger charge is -2.25. The number of ether oxygens (including phenoxy) is 1. The van der Waals surface area contributed by atoms with Crippen LogP contribution in [0.3, 0.4) is 0 Å². The SMILES string of the molecule is CC/C=C/CC(=O)OCCN1CCS(=O)(=O)CC1. The molecule has 0 radical (unpaired) electrons. The molecule has 0 unspecified atom stereocenters. The van der Waals surface area contributed by atoms with Gasteiger partial charge in [-0.3, -0.25) is 9.69 Å². The Hall–Kier alpha value is -0.880. The van der Waals surface area contributed by atoms with Crippen molar-refractivity contribution in [3.63, 3.8) is 0 Å². The Kier molecular flexibility index (Phi) is 6.35. The standard InChI is InChI=1S/C12H21NO4S/c1-2-3-4-5-12(14)17-9-6-13-7-10-18(15,16)11-8-13/h3-4H,2,5-11H2,1H3/b4-3+. The number of hydrogen-bond acceptors (Lipinski definition) is 5. The highest BCUT2D eigenvalue weighted by molar-refractivity contribution is 7.91. The normalized spacial score (nSPS) is 20.1. The molecule has 0 bridgehead atoms. The van der Waals surface area contributed by atoms with Gasteiger partial charge < -0.3 is 4.74 Å². The number of carbonyl (C=O) groups excluding carboxylic acids is 1. The van der Waals surface area contributed by atoms with Crippen LogP contribution in [0.15, 0.2) is 12.2 Å². The van der Waals surface area contributed by atoms with Gasteiger partial charge in [0.1, 0.15) is 6.61 Å². The van der Waals surface area contributed by atoms with Crippen molar-refractivity contribution in [1.82, 2.24) is 4.90 Å². The van der Waals surface area contributed by atoms with Gasteiger partial charge in [-0.05, 0) is 6.42 Å². The monoisotopic (exact) mass is 275 g/mol. The number of esters is 1. The molecule has 0 aliphatic carbocycles. The Bertz CT molecular complexity index is 375. The van der Waals surface area contributed by atoms with Gasteiger partial charge in [-0.1, -0.05) is 19.1 Å². The average Bonchev–Trinajstić information content (AvgIpc) is 2.32. The molecule has 1 aliphatic heterocycles. The average molecular weight is 275 g/mol. The fourth-order valence-corrected chi connectivity index (χ4v) is 2.94. The van der Waals surface area contributed by atoms with Gasteiger partial charge in [0.25, 0.3) is 0 Å². The van der Waals surface area contributed by atoms with Crippen LogP contribution in [0.2, 0.25) is 0 Å². The quantitative estimate of drug-likeness (QED) is 0.525. The van der Waals surface area contributed by atoms with Gasteiger partial charge >= 0.3 is 5.97 Å². The van der Waals surface area contributed by atoms with E-state index in [4.69, 9.17) is 4.74 Å². The van der Waals surface area contributed by atoms with Crippen molar-refractivity contribution in [2.75, 3.05) is 37.7 Å². The van der Waals surface area contributed by atoms with Crippen LogP contribution in [0.5, 0.6) is 0 Å². The van der Waals surface area contributed by atoms with Crippen LogP contribution in [-0.2, 0) is 19.4 Å². The fourth-order valence-electron chi connectivity index (χ4n) is 1.67. The molecule has 1 aliphatic rings. The smallest absolute Gasteiger partial charge is 0.309 e. The minimum Gasteiger partial charge on any atom is -0.464 e. The zero-order chi connectivity index (χ0) is 13.4. The van der Waals surface area contributed by atoms with Crippen molar-refractivity contribution >= 4 is 15.8 Å². The van der Waals surface area contributed by atoms with Crippen molar-refractivity contribution in [1.29, 1.82) is 0 Å². The summed E-state index contributed by atoms with van der Waals surface area (Å²) in [5, 5.41) is 0. The third kappa shape index (κ3) is 6.16. The summed E-state index contributed by atoms with van der Waals surface area (Å²) in [6, 6.07) is 0. The molecule has 1 fully saturated rings. The van der Waals surface area contributed by atoms with Gasteiger partial charge in [0.2, 0.25) is 0 Å². The summed E-state index contributed by atoms with van der Waals surface area (Å²) in [4.78, 5) is 13.3. The molecule has 18 heavy (non-hydrogen) atoms. The molecule has 0 N–H and O–H groups in total. The molecule has 104 valence electrons. The summed E-state index contributed by atoms with van der Waals surface area (Å²) in [7, 11) is -2.83. The second-order valence-electron chi connectivity index (χ2n) is 4.30. The molecule has 1 heterocycles. The van der Waals surface area contributed by atoms with Gasteiger partial charge in [-0.2, -0.15) is 0 Å². The third-order valence-corrected chi connectivity index (χ3v) is 4.40. The molecule has 0 atom stereocenters. The molecule has 0 aromatic rings. The van der Waals surface area contributed by atoms with Crippen LogP contribution >= 0.6 is 0 Å². The predicted molar refractivity (Wildman–Crippen MR) is 70.1 cm³/mol. The lowest BCUT2D eigenvalue weighted by atomic mass is 10.3. The molecule has 1 saturated heterocycles. The summed E-state index contributed by atoms with van der Waals surface area (Å²) in [5.74, 6) is 0.185. The highest BCUT2D eigenvalue weighted by atomic mass is 32.2. The van der Waals surface area contributed by atoms with Gasteiger partial charge in [-0.25, -0.2) is 8.42 Å². The first kappa shape index (κ1) is 15.2. The molecular formula is C12H21NO4S. The van der Waals surface area contributed by atoms with E-state index in [0.29, 0.717) is 32.7 Å². The summed E-state index contributed by atoms with van der Waals surface area (Å²) < 4.78 is 27.5. The Labute approximate surface area is 109 Å². The molecule has 0 saturated carbocycles. The van der Waals surface area contributed by atoms with Crippen LogP contribution in [0, 0.1) is 0 Å². The van der Waals surface area contributed by atoms with E-state index < -0.39 is 9.84 Å². The van der Waals surface area contributed by atoms with E-state index >= 15 is 0 Å². The van der Waals surface area contributed by atoms with Crippen LogP contribution in [0.4, 0.5) is 0 Å². The van der Waals surface area contributed by atoms with Gasteiger partial charge in [0.05, 0.1) is 17.9 Å². The number of sulfone groups is 1. The Morgan fingerprint density at radius 3 is 2.56 bits per heavy atom. The number of hydrogen-bond donors (Lipinski definition) is 0. The molecular weight excluding hydrogens is 254 g/mol. The zero-order valence-electron chi connectivity index (χ0n) is 10.8. The van der Waals surface area contributed by atoms with E-state index in [2.05, 4.69) is 0 Å².